The number of ether oxygens (including phenoxy) is 1. The van der Waals surface area contributed by atoms with Gasteiger partial charge in [0.1, 0.15) is 11.5 Å². The summed E-state index contributed by atoms with van der Waals surface area (Å²) in [7, 11) is 8.75. The largest absolute Gasteiger partial charge is 0.507 e. The van der Waals surface area contributed by atoms with Crippen LogP contribution in [0.15, 0.2) is 30.3 Å². The molecule has 11 nitrogen and oxygen atoms in total. The Labute approximate surface area is 262 Å². The number of nitrogens with zero attached hydrogens (tertiary/aromatic N) is 2. The number of unbranched alkanes of at least 4 members (excludes halogenated alkanes) is 1. The number of carbonyl (C=O) groups is 5. The van der Waals surface area contributed by atoms with Crippen LogP contribution in [0.5, 0.6) is 11.5 Å². The van der Waals surface area contributed by atoms with Crippen LogP contribution in [0.2, 0.25) is 0 Å². The summed E-state index contributed by atoms with van der Waals surface area (Å²) in [6, 6.07) is 7.88. The third-order valence-electron chi connectivity index (χ3n) is 9.82. The molecule has 0 saturated heterocycles. The van der Waals surface area contributed by atoms with Gasteiger partial charge < -0.3 is 25.6 Å². The molecule has 0 bridgehead atoms. The highest BCUT2D eigenvalue weighted by atomic mass is 16.5. The number of benzene rings is 2. The number of hydrogen-bond donors (Lipinski definition) is 3. The standard InChI is InChI=1S/C34H41N3O8/c1-36(2)13-7-6-8-17-9-12-24(45-5)20(14-17)19-10-11-23(38)26-21(19)15-18-16-22-28(37(3)4)30(40)27(33(35)43)32(42)34(22,44)31(41)25(18)29(26)39/h9-12,14,18,22,25,27-28,38,44H,6-8,13,15-16H2,1-5H3,(H2,35,43)/t18-,22-,25?,27?,28-,34-/m1/s1. The maximum Gasteiger partial charge on any atom is 0.235 e. The lowest BCUT2D eigenvalue weighted by atomic mass is 9.52. The topological polar surface area (TPSA) is 168 Å². The molecule has 11 heteroatoms. The second-order valence-corrected chi connectivity index (χ2v) is 13.1. The van der Waals surface area contributed by atoms with Gasteiger partial charge in [-0.25, -0.2) is 0 Å². The van der Waals surface area contributed by atoms with Crippen molar-refractivity contribution in [3.63, 3.8) is 0 Å². The summed E-state index contributed by atoms with van der Waals surface area (Å²) in [5.41, 5.74) is 5.62. The number of rotatable bonds is 9. The van der Waals surface area contributed by atoms with Crippen molar-refractivity contribution in [2.24, 2.45) is 29.4 Å². The van der Waals surface area contributed by atoms with Gasteiger partial charge >= 0.3 is 0 Å². The molecule has 2 fully saturated rings. The number of hydrogen-bond acceptors (Lipinski definition) is 10. The molecule has 0 aromatic heterocycles. The maximum absolute atomic E-state index is 14.1. The van der Waals surface area contributed by atoms with E-state index < -0.39 is 64.4 Å². The number of Topliss-reactive ketones (excluding diaryl/α,β-unsaturated/α-hetero) is 4. The molecule has 45 heavy (non-hydrogen) atoms. The molecule has 6 atom stereocenters. The van der Waals surface area contributed by atoms with Gasteiger partial charge in [-0.15, -0.1) is 0 Å². The summed E-state index contributed by atoms with van der Waals surface area (Å²) in [6.07, 6.45) is 3.01. The van der Waals surface area contributed by atoms with Crippen LogP contribution in [0.25, 0.3) is 11.1 Å². The minimum absolute atomic E-state index is 0.0119. The quantitative estimate of drug-likeness (QED) is 0.276. The van der Waals surface area contributed by atoms with E-state index in [2.05, 4.69) is 4.90 Å². The van der Waals surface area contributed by atoms with Crippen molar-refractivity contribution in [3.05, 3.63) is 47.0 Å². The molecule has 0 radical (unpaired) electrons. The predicted molar refractivity (Wildman–Crippen MR) is 165 cm³/mol. The number of aryl methyl sites for hydroxylation is 1. The van der Waals surface area contributed by atoms with Gasteiger partial charge in [0.15, 0.2) is 34.7 Å². The molecular weight excluding hydrogens is 578 g/mol. The summed E-state index contributed by atoms with van der Waals surface area (Å²) in [4.78, 5) is 70.9. The SMILES string of the molecule is COc1ccc(CCCCN(C)C)cc1-c1ccc(O)c2c1C[C@@H]1C[C@@H]3[C@@H](N(C)C)C(=O)C(C(N)=O)C(=O)[C@]3(O)C(=O)C1C2=O. The number of likely N-dealkylation sites (N-methyl/N-ethyl adjacent to an activating group) is 1. The van der Waals surface area contributed by atoms with E-state index in [1.807, 2.05) is 32.3 Å². The molecule has 2 aromatic rings. The van der Waals surface area contributed by atoms with Gasteiger partial charge in [-0.1, -0.05) is 12.1 Å². The number of methoxy groups -OCH3 is 1. The van der Waals surface area contributed by atoms with E-state index in [4.69, 9.17) is 10.5 Å². The number of phenols is 1. The van der Waals surface area contributed by atoms with Crippen molar-refractivity contribution >= 4 is 29.0 Å². The molecule has 5 rings (SSSR count). The van der Waals surface area contributed by atoms with Crippen molar-refractivity contribution in [1.82, 2.24) is 9.80 Å². The smallest absolute Gasteiger partial charge is 0.235 e. The fraction of sp³-hybridized carbons (Fsp3) is 0.500. The van der Waals surface area contributed by atoms with Gasteiger partial charge in [0.25, 0.3) is 0 Å². The van der Waals surface area contributed by atoms with E-state index >= 15 is 0 Å². The molecule has 1 amide bonds. The molecule has 2 aromatic carbocycles. The van der Waals surface area contributed by atoms with Gasteiger partial charge in [-0.05, 0) is 108 Å². The number of aromatic hydroxyl groups is 1. The highest BCUT2D eigenvalue weighted by molar-refractivity contribution is 6.32. The van der Waals surface area contributed by atoms with Crippen LogP contribution in [0, 0.1) is 23.7 Å². The molecular formula is C34H41N3O8. The maximum atomic E-state index is 14.1. The number of primary amides is 1. The predicted octanol–water partition coefficient (Wildman–Crippen LogP) is 1.43. The van der Waals surface area contributed by atoms with E-state index in [1.165, 1.54) is 11.0 Å². The Balaban J connectivity index is 1.58. The van der Waals surface area contributed by atoms with E-state index in [1.54, 1.807) is 27.3 Å². The number of nitrogens with two attached hydrogens (primary N) is 1. The lowest BCUT2D eigenvalue weighted by Crippen LogP contribution is -2.74. The summed E-state index contributed by atoms with van der Waals surface area (Å²) >= 11 is 0. The zero-order valence-electron chi connectivity index (χ0n) is 26.3. The molecule has 0 aliphatic heterocycles. The van der Waals surface area contributed by atoms with Gasteiger partial charge in [0.05, 0.1) is 24.6 Å². The second-order valence-electron chi connectivity index (χ2n) is 13.1. The lowest BCUT2D eigenvalue weighted by molar-refractivity contribution is -0.181. The fourth-order valence-electron chi connectivity index (χ4n) is 7.74. The molecule has 4 N–H and O–H groups in total. The van der Waals surface area contributed by atoms with Crippen LogP contribution < -0.4 is 10.5 Å². The molecule has 3 aliphatic carbocycles. The van der Waals surface area contributed by atoms with Crippen LogP contribution in [0.4, 0.5) is 0 Å². The first-order valence-corrected chi connectivity index (χ1v) is 15.3. The normalized spacial score (nSPS) is 27.8. The Morgan fingerprint density at radius 1 is 1.02 bits per heavy atom. The molecule has 0 spiro atoms. The van der Waals surface area contributed by atoms with Gasteiger partial charge in [-0.2, -0.15) is 0 Å². The van der Waals surface area contributed by atoms with E-state index in [-0.39, 0.29) is 24.2 Å². The molecule has 3 aliphatic rings. The zero-order valence-corrected chi connectivity index (χ0v) is 26.3. The summed E-state index contributed by atoms with van der Waals surface area (Å²) in [5, 5.41) is 22.7. The summed E-state index contributed by atoms with van der Waals surface area (Å²) in [5.74, 6) is -10.1. The minimum atomic E-state index is -2.76. The Morgan fingerprint density at radius 2 is 1.73 bits per heavy atom. The third-order valence-corrected chi connectivity index (χ3v) is 9.82. The van der Waals surface area contributed by atoms with E-state index in [0.29, 0.717) is 16.9 Å². The van der Waals surface area contributed by atoms with E-state index in [0.717, 1.165) is 36.9 Å². The average Bonchev–Trinajstić information content (AvgIpc) is 2.97. The van der Waals surface area contributed by atoms with E-state index in [9.17, 15) is 34.2 Å². The highest BCUT2D eigenvalue weighted by Gasteiger charge is 2.69. The second kappa shape index (κ2) is 12.1. The molecule has 0 heterocycles. The lowest BCUT2D eigenvalue weighted by Gasteiger charge is -2.52. The monoisotopic (exact) mass is 619 g/mol. The highest BCUT2D eigenvalue weighted by Crippen LogP contribution is 2.52. The van der Waals surface area contributed by atoms with Crippen molar-refractivity contribution < 1.29 is 38.9 Å². The zero-order chi connectivity index (χ0) is 33.0. The number of carbonyl (C=O) groups excluding carboxylic acids is 5. The van der Waals surface area contributed by atoms with Crippen molar-refractivity contribution in [1.29, 1.82) is 0 Å². The number of aliphatic hydroxyl groups is 1. The van der Waals surface area contributed by atoms with Crippen molar-refractivity contribution in [2.45, 2.75) is 43.7 Å². The van der Waals surface area contributed by atoms with Gasteiger partial charge in [0.2, 0.25) is 5.91 Å². The first kappa shape index (κ1) is 32.5. The Bertz CT molecular complexity index is 1580. The molecule has 240 valence electrons. The van der Waals surface area contributed by atoms with Gasteiger partial charge in [0, 0.05) is 11.5 Å². The van der Waals surface area contributed by atoms with Crippen LogP contribution >= 0.6 is 0 Å². The van der Waals surface area contributed by atoms with Crippen LogP contribution in [-0.4, -0.2) is 103 Å². The number of ketones is 4. The van der Waals surface area contributed by atoms with Gasteiger partial charge in [-0.3, -0.25) is 28.9 Å². The first-order valence-electron chi connectivity index (χ1n) is 15.3. The average molecular weight is 620 g/mol. The third kappa shape index (κ3) is 5.26. The Hall–Kier alpha value is -3.93. The van der Waals surface area contributed by atoms with Crippen molar-refractivity contribution in [2.75, 3.05) is 41.8 Å². The van der Waals surface area contributed by atoms with Crippen molar-refractivity contribution in [3.8, 4) is 22.6 Å². The Kier molecular flexibility index (Phi) is 8.74. The number of phenolic OH excluding ortho intramolecular Hbond substituents is 1. The number of amides is 1. The van der Waals surface area contributed by atoms with Crippen LogP contribution in [0.1, 0.15) is 40.7 Å². The van der Waals surface area contributed by atoms with Crippen LogP contribution in [-0.2, 0) is 32.0 Å². The Morgan fingerprint density at radius 3 is 2.36 bits per heavy atom. The number of fused-ring (bicyclic) bond motifs is 3. The fourth-order valence-corrected chi connectivity index (χ4v) is 7.74. The minimum Gasteiger partial charge on any atom is -0.507 e. The summed E-state index contributed by atoms with van der Waals surface area (Å²) < 4.78 is 5.70. The molecule has 2 saturated carbocycles. The first-order chi connectivity index (χ1) is 21.2. The summed E-state index contributed by atoms with van der Waals surface area (Å²) in [6.45, 7) is 0.975. The van der Waals surface area contributed by atoms with Crippen LogP contribution in [0.3, 0.4) is 0 Å². The molecule has 2 unspecified atom stereocenters.